The molecule has 4 heteroatoms. The SMILES string of the molecule is CN1CCOC2(C=C(C#N)C(=O)C(C)(C)C2)C1. The normalized spacial score (nSPS) is 33.3. The lowest BCUT2D eigenvalue weighted by Gasteiger charge is -2.45. The molecule has 0 aromatic rings. The number of morpholine rings is 1. The van der Waals surface area contributed by atoms with Gasteiger partial charge in [0.05, 0.1) is 12.2 Å². The molecule has 0 amide bonds. The third-order valence-corrected chi connectivity index (χ3v) is 3.53. The lowest BCUT2D eigenvalue weighted by molar-refractivity contribution is -0.135. The van der Waals surface area contributed by atoms with Gasteiger partial charge in [-0.3, -0.25) is 4.79 Å². The fourth-order valence-electron chi connectivity index (χ4n) is 2.84. The standard InChI is InChI=1S/C13H18N2O2/c1-12(2)8-13(6-10(7-14)11(12)16)9-15(3)4-5-17-13/h6H,4-5,8-9H2,1-3H3. The van der Waals surface area contributed by atoms with E-state index in [9.17, 15) is 4.79 Å². The molecule has 1 unspecified atom stereocenters. The molecule has 17 heavy (non-hydrogen) atoms. The van der Waals surface area contributed by atoms with Crippen molar-refractivity contribution >= 4 is 5.78 Å². The highest BCUT2D eigenvalue weighted by Crippen LogP contribution is 2.40. The molecular weight excluding hydrogens is 216 g/mol. The second-order valence-corrected chi connectivity index (χ2v) is 5.71. The van der Waals surface area contributed by atoms with Crippen LogP contribution in [0.5, 0.6) is 0 Å². The van der Waals surface area contributed by atoms with Crippen LogP contribution in [0.15, 0.2) is 11.6 Å². The second-order valence-electron chi connectivity index (χ2n) is 5.71. The molecule has 2 rings (SSSR count). The first-order chi connectivity index (χ1) is 7.88. The first kappa shape index (κ1) is 12.3. The number of Topliss-reactive ketones (excluding diaryl/α,β-unsaturated/α-hetero) is 1. The molecule has 1 saturated heterocycles. The fraction of sp³-hybridized carbons (Fsp3) is 0.692. The minimum absolute atomic E-state index is 0.0672. The molecule has 1 atom stereocenters. The average molecular weight is 234 g/mol. The second kappa shape index (κ2) is 3.94. The molecular formula is C13H18N2O2. The van der Waals surface area contributed by atoms with Crippen molar-refractivity contribution < 1.29 is 9.53 Å². The Hall–Kier alpha value is -1.18. The van der Waals surface area contributed by atoms with E-state index < -0.39 is 11.0 Å². The predicted octanol–water partition coefficient (Wildman–Crippen LogP) is 1.14. The molecule has 0 saturated carbocycles. The molecule has 1 aliphatic carbocycles. The molecule has 1 heterocycles. The van der Waals surface area contributed by atoms with Crippen LogP contribution in [0.4, 0.5) is 0 Å². The Morgan fingerprint density at radius 1 is 1.53 bits per heavy atom. The number of likely N-dealkylation sites (N-methyl/N-ethyl adjacent to an activating group) is 1. The van der Waals surface area contributed by atoms with Gasteiger partial charge in [-0.2, -0.15) is 5.26 Å². The summed E-state index contributed by atoms with van der Waals surface area (Å²) in [6, 6.07) is 2.01. The van der Waals surface area contributed by atoms with Gasteiger partial charge in [-0.25, -0.2) is 0 Å². The number of hydrogen-bond acceptors (Lipinski definition) is 4. The van der Waals surface area contributed by atoms with Crippen molar-refractivity contribution in [2.75, 3.05) is 26.7 Å². The minimum Gasteiger partial charge on any atom is -0.368 e. The number of nitrogens with zero attached hydrogens (tertiary/aromatic N) is 2. The first-order valence-corrected chi connectivity index (χ1v) is 5.89. The van der Waals surface area contributed by atoms with Gasteiger partial charge in [-0.05, 0) is 19.5 Å². The maximum absolute atomic E-state index is 12.0. The van der Waals surface area contributed by atoms with Gasteiger partial charge >= 0.3 is 0 Å². The van der Waals surface area contributed by atoms with Crippen molar-refractivity contribution in [3.05, 3.63) is 11.6 Å². The summed E-state index contributed by atoms with van der Waals surface area (Å²) in [6.07, 6.45) is 2.38. The summed E-state index contributed by atoms with van der Waals surface area (Å²) >= 11 is 0. The first-order valence-electron chi connectivity index (χ1n) is 5.89. The largest absolute Gasteiger partial charge is 0.368 e. The summed E-state index contributed by atoms with van der Waals surface area (Å²) < 4.78 is 5.87. The Labute approximate surface area is 102 Å². The zero-order chi connectivity index (χ0) is 12.7. The highest BCUT2D eigenvalue weighted by atomic mass is 16.5. The summed E-state index contributed by atoms with van der Waals surface area (Å²) in [6.45, 7) is 6.06. The van der Waals surface area contributed by atoms with Crippen LogP contribution >= 0.6 is 0 Å². The van der Waals surface area contributed by atoms with Gasteiger partial charge < -0.3 is 9.64 Å². The molecule has 1 spiro atoms. The van der Waals surface area contributed by atoms with Crippen molar-refractivity contribution in [1.29, 1.82) is 5.26 Å². The van der Waals surface area contributed by atoms with E-state index in [1.54, 1.807) is 6.08 Å². The Morgan fingerprint density at radius 2 is 2.24 bits per heavy atom. The highest BCUT2D eigenvalue weighted by molar-refractivity contribution is 6.03. The van der Waals surface area contributed by atoms with Crippen LogP contribution in [0, 0.1) is 16.7 Å². The number of rotatable bonds is 0. The van der Waals surface area contributed by atoms with Crippen molar-refractivity contribution in [2.45, 2.75) is 25.9 Å². The molecule has 1 aliphatic heterocycles. The van der Waals surface area contributed by atoms with E-state index in [4.69, 9.17) is 10.00 Å². The topological polar surface area (TPSA) is 53.3 Å². The summed E-state index contributed by atoms with van der Waals surface area (Å²) in [4.78, 5) is 14.2. The summed E-state index contributed by atoms with van der Waals surface area (Å²) in [5, 5.41) is 9.07. The smallest absolute Gasteiger partial charge is 0.178 e. The van der Waals surface area contributed by atoms with Crippen molar-refractivity contribution in [2.24, 2.45) is 5.41 Å². The van der Waals surface area contributed by atoms with Gasteiger partial charge in [-0.1, -0.05) is 13.8 Å². The summed E-state index contributed by atoms with van der Waals surface area (Å²) in [5.41, 5.74) is -0.732. The molecule has 0 aromatic carbocycles. The third kappa shape index (κ3) is 2.13. The summed E-state index contributed by atoms with van der Waals surface area (Å²) in [7, 11) is 2.04. The van der Waals surface area contributed by atoms with Gasteiger partial charge in [-0.15, -0.1) is 0 Å². The third-order valence-electron chi connectivity index (χ3n) is 3.53. The lowest BCUT2D eigenvalue weighted by atomic mass is 9.69. The average Bonchev–Trinajstić information content (AvgIpc) is 2.23. The number of carbonyl (C=O) groups excluding carboxylic acids is 1. The number of carbonyl (C=O) groups is 1. The molecule has 92 valence electrons. The monoisotopic (exact) mass is 234 g/mol. The molecule has 0 radical (unpaired) electrons. The van der Waals surface area contributed by atoms with Crippen LogP contribution in [0.2, 0.25) is 0 Å². The van der Waals surface area contributed by atoms with E-state index in [1.807, 2.05) is 27.0 Å². The fourth-order valence-corrected chi connectivity index (χ4v) is 2.84. The van der Waals surface area contributed by atoms with Gasteiger partial charge in [0.25, 0.3) is 0 Å². The Kier molecular flexibility index (Phi) is 2.84. The van der Waals surface area contributed by atoms with Gasteiger partial charge in [0.2, 0.25) is 0 Å². The van der Waals surface area contributed by atoms with E-state index in [1.165, 1.54) is 0 Å². The number of ether oxygens (including phenoxy) is 1. The van der Waals surface area contributed by atoms with E-state index >= 15 is 0 Å². The van der Waals surface area contributed by atoms with Crippen molar-refractivity contribution in [3.8, 4) is 6.07 Å². The van der Waals surface area contributed by atoms with E-state index in [0.717, 1.165) is 13.1 Å². The number of ketones is 1. The van der Waals surface area contributed by atoms with E-state index in [2.05, 4.69) is 4.90 Å². The molecule has 0 bridgehead atoms. The van der Waals surface area contributed by atoms with Crippen molar-refractivity contribution in [1.82, 2.24) is 4.90 Å². The van der Waals surface area contributed by atoms with Gasteiger partial charge in [0, 0.05) is 18.5 Å². The van der Waals surface area contributed by atoms with Crippen LogP contribution in [0.3, 0.4) is 0 Å². The van der Waals surface area contributed by atoms with Crippen molar-refractivity contribution in [3.63, 3.8) is 0 Å². The maximum atomic E-state index is 12.0. The predicted molar refractivity (Wildman–Crippen MR) is 63.3 cm³/mol. The maximum Gasteiger partial charge on any atom is 0.178 e. The van der Waals surface area contributed by atoms with E-state index in [-0.39, 0.29) is 11.4 Å². The zero-order valence-electron chi connectivity index (χ0n) is 10.6. The number of nitriles is 1. The Morgan fingerprint density at radius 3 is 2.82 bits per heavy atom. The zero-order valence-corrected chi connectivity index (χ0v) is 10.6. The number of hydrogen-bond donors (Lipinski definition) is 0. The van der Waals surface area contributed by atoms with Crippen LogP contribution in [-0.2, 0) is 9.53 Å². The lowest BCUT2D eigenvalue weighted by Crippen LogP contribution is -2.54. The molecule has 0 aromatic heterocycles. The molecule has 4 nitrogen and oxygen atoms in total. The van der Waals surface area contributed by atoms with Crippen LogP contribution in [0.25, 0.3) is 0 Å². The highest BCUT2D eigenvalue weighted by Gasteiger charge is 2.47. The minimum atomic E-state index is -0.516. The van der Waals surface area contributed by atoms with E-state index in [0.29, 0.717) is 13.0 Å². The van der Waals surface area contributed by atoms with Crippen LogP contribution < -0.4 is 0 Å². The van der Waals surface area contributed by atoms with Gasteiger partial charge in [0.1, 0.15) is 11.7 Å². The molecule has 1 fully saturated rings. The molecule has 2 aliphatic rings. The Bertz CT molecular complexity index is 420. The van der Waals surface area contributed by atoms with Gasteiger partial charge in [0.15, 0.2) is 5.78 Å². The molecule has 0 N–H and O–H groups in total. The summed E-state index contributed by atoms with van der Waals surface area (Å²) in [5.74, 6) is -0.0672. The Balaban J connectivity index is 2.40. The van der Waals surface area contributed by atoms with Crippen LogP contribution in [0.1, 0.15) is 20.3 Å². The van der Waals surface area contributed by atoms with Crippen LogP contribution in [-0.4, -0.2) is 43.0 Å². The quantitative estimate of drug-likeness (QED) is 0.630. The number of allylic oxidation sites excluding steroid dienone is 1.